The van der Waals surface area contributed by atoms with Gasteiger partial charge in [0.2, 0.25) is 5.95 Å². The molecule has 0 unspecified atom stereocenters. The molecule has 2 aliphatic rings. The molecule has 8 nitrogen and oxygen atoms in total. The lowest BCUT2D eigenvalue weighted by molar-refractivity contribution is 0.0928. The lowest BCUT2D eigenvalue weighted by atomic mass is 10.1. The Bertz CT molecular complexity index is 1060. The van der Waals surface area contributed by atoms with Gasteiger partial charge in [-0.15, -0.1) is 0 Å². The number of carbonyl (C=O) groups is 1. The minimum absolute atomic E-state index is 0.0470. The lowest BCUT2D eigenvalue weighted by Gasteiger charge is -2.33. The van der Waals surface area contributed by atoms with Crippen molar-refractivity contribution in [3.63, 3.8) is 0 Å². The van der Waals surface area contributed by atoms with Crippen molar-refractivity contribution in [2.45, 2.75) is 38.8 Å². The zero-order chi connectivity index (χ0) is 19.8. The van der Waals surface area contributed by atoms with Crippen molar-refractivity contribution in [2.24, 2.45) is 0 Å². The Morgan fingerprint density at radius 2 is 2.28 bits per heavy atom. The number of amides is 1. The first-order chi connectivity index (χ1) is 14.2. The molecule has 5 heterocycles. The normalized spacial score (nSPS) is 19.2. The molecule has 0 spiro atoms. The third-order valence-electron chi connectivity index (χ3n) is 5.57. The monoisotopic (exact) mass is 392 g/mol. The zero-order valence-electron chi connectivity index (χ0n) is 16.5. The summed E-state index contributed by atoms with van der Waals surface area (Å²) in [6, 6.07) is 4.02. The summed E-state index contributed by atoms with van der Waals surface area (Å²) in [4.78, 5) is 28.7. The topological polar surface area (TPSA) is 84.7 Å². The Morgan fingerprint density at radius 3 is 3.21 bits per heavy atom. The minimum Gasteiger partial charge on any atom is -0.376 e. The molecule has 1 atom stereocenters. The van der Waals surface area contributed by atoms with E-state index in [1.807, 2.05) is 35.9 Å². The van der Waals surface area contributed by atoms with Crippen LogP contribution in [0.1, 0.15) is 40.2 Å². The van der Waals surface area contributed by atoms with E-state index in [9.17, 15) is 4.79 Å². The van der Waals surface area contributed by atoms with Gasteiger partial charge in [-0.25, -0.2) is 15.0 Å². The van der Waals surface area contributed by atoms with Crippen LogP contribution in [0.2, 0.25) is 0 Å². The Hall–Kier alpha value is -3.00. The first kappa shape index (κ1) is 18.1. The van der Waals surface area contributed by atoms with Gasteiger partial charge in [0.1, 0.15) is 11.3 Å². The molecule has 29 heavy (non-hydrogen) atoms. The quantitative estimate of drug-likeness (QED) is 0.733. The van der Waals surface area contributed by atoms with E-state index in [0.717, 1.165) is 54.2 Å². The Labute approximate surface area is 168 Å². The number of hydrogen-bond acceptors (Lipinski definition) is 6. The molecule has 3 aromatic rings. The number of aromatic nitrogens is 4. The maximum Gasteiger partial charge on any atom is 0.271 e. The number of imidazole rings is 1. The molecular formula is C21H24N6O2. The summed E-state index contributed by atoms with van der Waals surface area (Å²) >= 11 is 0. The van der Waals surface area contributed by atoms with Crippen molar-refractivity contribution in [3.8, 4) is 0 Å². The van der Waals surface area contributed by atoms with Crippen LogP contribution in [0.25, 0.3) is 5.65 Å². The number of nitrogens with one attached hydrogen (secondary N) is 1. The molecule has 1 fully saturated rings. The van der Waals surface area contributed by atoms with Crippen LogP contribution < -0.4 is 10.2 Å². The predicted octanol–water partition coefficient (Wildman–Crippen LogP) is 1.90. The van der Waals surface area contributed by atoms with Gasteiger partial charge in [-0.1, -0.05) is 0 Å². The van der Waals surface area contributed by atoms with Crippen LogP contribution in [0.5, 0.6) is 0 Å². The van der Waals surface area contributed by atoms with Gasteiger partial charge in [-0.3, -0.25) is 4.79 Å². The average molecular weight is 392 g/mol. The van der Waals surface area contributed by atoms with Crippen molar-refractivity contribution >= 4 is 17.5 Å². The second-order valence-electron chi connectivity index (χ2n) is 7.80. The summed E-state index contributed by atoms with van der Waals surface area (Å²) in [5.74, 6) is 0.606. The van der Waals surface area contributed by atoms with Crippen LogP contribution in [0.4, 0.5) is 5.95 Å². The van der Waals surface area contributed by atoms with Crippen LogP contribution in [0.3, 0.4) is 0 Å². The largest absolute Gasteiger partial charge is 0.376 e. The number of hydrogen-bond donors (Lipinski definition) is 1. The highest BCUT2D eigenvalue weighted by Crippen LogP contribution is 2.20. The first-order valence-electron chi connectivity index (χ1n) is 10.1. The number of rotatable bonds is 3. The van der Waals surface area contributed by atoms with E-state index in [2.05, 4.69) is 20.2 Å². The number of pyridine rings is 1. The van der Waals surface area contributed by atoms with Gasteiger partial charge in [0, 0.05) is 49.7 Å². The average Bonchev–Trinajstić information content (AvgIpc) is 3.17. The fourth-order valence-corrected chi connectivity index (χ4v) is 4.00. The molecule has 1 N–H and O–H groups in total. The highest BCUT2D eigenvalue weighted by Gasteiger charge is 2.25. The molecule has 0 aliphatic carbocycles. The van der Waals surface area contributed by atoms with E-state index >= 15 is 0 Å². The zero-order valence-corrected chi connectivity index (χ0v) is 16.5. The standard InChI is InChI=1S/C21H24N6O2/c1-14-4-7-26-12-18(24-19(26)9-14)20(28)23-16-3-2-6-27(11-16)21-22-10-15-13-29-8-5-17(15)25-21/h4,7,9-10,12,16H,2-3,5-6,8,11,13H2,1H3,(H,23,28)/t16-/m1/s1. The molecule has 0 radical (unpaired) electrons. The number of ether oxygens (including phenoxy) is 1. The number of aryl methyl sites for hydroxylation is 1. The molecule has 0 saturated carbocycles. The fourth-order valence-electron chi connectivity index (χ4n) is 4.00. The highest BCUT2D eigenvalue weighted by atomic mass is 16.5. The maximum absolute atomic E-state index is 12.8. The lowest BCUT2D eigenvalue weighted by Crippen LogP contribution is -2.48. The number of nitrogens with zero attached hydrogens (tertiary/aromatic N) is 5. The highest BCUT2D eigenvalue weighted by molar-refractivity contribution is 5.93. The van der Waals surface area contributed by atoms with Crippen molar-refractivity contribution in [2.75, 3.05) is 24.6 Å². The number of carbonyl (C=O) groups excluding carboxylic acids is 1. The van der Waals surface area contributed by atoms with Gasteiger partial charge in [-0.2, -0.15) is 0 Å². The molecule has 2 aliphatic heterocycles. The van der Waals surface area contributed by atoms with E-state index in [0.29, 0.717) is 25.5 Å². The summed E-state index contributed by atoms with van der Waals surface area (Å²) < 4.78 is 7.34. The van der Waals surface area contributed by atoms with Crippen molar-refractivity contribution in [3.05, 3.63) is 53.2 Å². The van der Waals surface area contributed by atoms with Crippen LogP contribution >= 0.6 is 0 Å². The van der Waals surface area contributed by atoms with Gasteiger partial charge >= 0.3 is 0 Å². The Balaban J connectivity index is 1.28. The number of anilines is 1. The summed E-state index contributed by atoms with van der Waals surface area (Å²) in [6.45, 7) is 4.91. The third-order valence-corrected chi connectivity index (χ3v) is 5.57. The van der Waals surface area contributed by atoms with Gasteiger partial charge < -0.3 is 19.4 Å². The molecule has 1 amide bonds. The molecular weight excluding hydrogens is 368 g/mol. The molecule has 0 aromatic carbocycles. The minimum atomic E-state index is -0.137. The number of fused-ring (bicyclic) bond motifs is 2. The second-order valence-corrected chi connectivity index (χ2v) is 7.80. The van der Waals surface area contributed by atoms with E-state index in [1.165, 1.54) is 0 Å². The van der Waals surface area contributed by atoms with Gasteiger partial charge in [0.25, 0.3) is 5.91 Å². The SMILES string of the molecule is Cc1ccn2cc(C(=O)N[C@@H]3CCCN(c4ncc5c(n4)CCOC5)C3)nc2c1. The third kappa shape index (κ3) is 3.67. The van der Waals surface area contributed by atoms with Gasteiger partial charge in [-0.05, 0) is 37.5 Å². The van der Waals surface area contributed by atoms with Crippen LogP contribution in [-0.2, 0) is 17.8 Å². The smallest absolute Gasteiger partial charge is 0.271 e. The van der Waals surface area contributed by atoms with Gasteiger partial charge in [0.15, 0.2) is 0 Å². The molecule has 0 bridgehead atoms. The van der Waals surface area contributed by atoms with E-state index < -0.39 is 0 Å². The van der Waals surface area contributed by atoms with Crippen molar-refractivity contribution in [1.82, 2.24) is 24.7 Å². The Kier molecular flexibility index (Phi) is 4.63. The molecule has 3 aromatic heterocycles. The van der Waals surface area contributed by atoms with Crippen molar-refractivity contribution < 1.29 is 9.53 Å². The summed E-state index contributed by atoms with van der Waals surface area (Å²) in [5.41, 5.74) is 4.50. The van der Waals surface area contributed by atoms with E-state index in [1.54, 1.807) is 6.20 Å². The molecule has 5 rings (SSSR count). The molecule has 8 heteroatoms. The maximum atomic E-state index is 12.8. The Morgan fingerprint density at radius 1 is 1.34 bits per heavy atom. The van der Waals surface area contributed by atoms with Crippen LogP contribution in [0.15, 0.2) is 30.7 Å². The molecule has 1 saturated heterocycles. The second kappa shape index (κ2) is 7.44. The summed E-state index contributed by atoms with van der Waals surface area (Å²) in [5, 5.41) is 3.14. The number of piperidine rings is 1. The fraction of sp³-hybridized carbons (Fsp3) is 0.429. The molecule has 150 valence electrons. The summed E-state index contributed by atoms with van der Waals surface area (Å²) in [7, 11) is 0. The van der Waals surface area contributed by atoms with Crippen molar-refractivity contribution in [1.29, 1.82) is 0 Å². The first-order valence-corrected chi connectivity index (χ1v) is 10.1. The van der Waals surface area contributed by atoms with Crippen LogP contribution in [0, 0.1) is 6.92 Å². The summed E-state index contributed by atoms with van der Waals surface area (Å²) in [6.07, 6.45) is 8.32. The van der Waals surface area contributed by atoms with Crippen LogP contribution in [-0.4, -0.2) is 51.0 Å². The predicted molar refractivity (Wildman–Crippen MR) is 108 cm³/mol. The van der Waals surface area contributed by atoms with E-state index in [-0.39, 0.29) is 11.9 Å². The van der Waals surface area contributed by atoms with E-state index in [4.69, 9.17) is 9.72 Å². The van der Waals surface area contributed by atoms with Gasteiger partial charge in [0.05, 0.1) is 18.9 Å².